The van der Waals surface area contributed by atoms with Gasteiger partial charge in [0.05, 0.1) is 11.3 Å². The fraction of sp³-hybridized carbons (Fsp3) is 0.435. The summed E-state index contributed by atoms with van der Waals surface area (Å²) in [6.07, 6.45) is 2.36. The summed E-state index contributed by atoms with van der Waals surface area (Å²) in [5, 5.41) is 0. The fourth-order valence-electron chi connectivity index (χ4n) is 4.43. The molecule has 0 aliphatic carbocycles. The van der Waals surface area contributed by atoms with Gasteiger partial charge in [-0.1, -0.05) is 17.7 Å². The van der Waals surface area contributed by atoms with Crippen molar-refractivity contribution in [2.75, 3.05) is 54.8 Å². The number of aryl methyl sites for hydroxylation is 2. The van der Waals surface area contributed by atoms with Gasteiger partial charge in [-0.2, -0.15) is 0 Å². The Morgan fingerprint density at radius 3 is 2.18 bits per heavy atom. The number of amides is 1. The van der Waals surface area contributed by atoms with E-state index in [1.54, 1.807) is 0 Å². The molecule has 0 radical (unpaired) electrons. The van der Waals surface area contributed by atoms with Crippen molar-refractivity contribution in [2.24, 2.45) is 0 Å². The van der Waals surface area contributed by atoms with Crippen LogP contribution >= 0.6 is 0 Å². The van der Waals surface area contributed by atoms with Gasteiger partial charge in [0.1, 0.15) is 0 Å². The van der Waals surface area contributed by atoms with Crippen LogP contribution in [0.5, 0.6) is 0 Å². The maximum atomic E-state index is 13.3. The average molecular weight is 379 g/mol. The Morgan fingerprint density at radius 1 is 0.821 bits per heavy atom. The zero-order valence-electron chi connectivity index (χ0n) is 16.9. The van der Waals surface area contributed by atoms with Crippen molar-refractivity contribution in [2.45, 2.75) is 26.7 Å². The highest BCUT2D eigenvalue weighted by molar-refractivity contribution is 6.00. The smallest absolute Gasteiger partial charge is 0.256 e. The van der Waals surface area contributed by atoms with Gasteiger partial charge in [-0.15, -0.1) is 0 Å². The van der Waals surface area contributed by atoms with Crippen molar-refractivity contribution in [3.8, 4) is 0 Å². The number of nitrogen functional groups attached to an aromatic ring is 1. The Kier molecular flexibility index (Phi) is 5.16. The molecule has 5 heteroatoms. The van der Waals surface area contributed by atoms with Gasteiger partial charge in [0.15, 0.2) is 0 Å². The van der Waals surface area contributed by atoms with Gasteiger partial charge in [0.2, 0.25) is 0 Å². The predicted octanol–water partition coefficient (Wildman–Crippen LogP) is 3.45. The molecule has 2 aromatic carbocycles. The topological polar surface area (TPSA) is 52.8 Å². The molecule has 1 amide bonds. The van der Waals surface area contributed by atoms with Crippen molar-refractivity contribution in [3.05, 3.63) is 53.1 Å². The molecule has 0 aromatic heterocycles. The Balaban J connectivity index is 1.48. The molecule has 2 fully saturated rings. The number of nitrogens with two attached hydrogens (primary N) is 1. The standard InChI is InChI=1S/C23H30N4O/c1-17-5-8-21(18(2)15-17)26-11-13-27(14-12-26)23(28)20-7-6-19(24)16-22(20)25-9-3-4-10-25/h5-8,15-16H,3-4,9-14,24H2,1-2H3. The second-order valence-corrected chi connectivity index (χ2v) is 8.04. The fourth-order valence-corrected chi connectivity index (χ4v) is 4.43. The van der Waals surface area contributed by atoms with E-state index in [1.165, 1.54) is 29.7 Å². The molecule has 5 nitrogen and oxygen atoms in total. The molecule has 2 aliphatic heterocycles. The van der Waals surface area contributed by atoms with Crippen LogP contribution in [0.1, 0.15) is 34.3 Å². The third kappa shape index (κ3) is 3.66. The monoisotopic (exact) mass is 378 g/mol. The highest BCUT2D eigenvalue weighted by Gasteiger charge is 2.26. The van der Waals surface area contributed by atoms with Crippen LogP contribution in [0.15, 0.2) is 36.4 Å². The van der Waals surface area contributed by atoms with Crippen LogP contribution in [0.4, 0.5) is 17.1 Å². The zero-order chi connectivity index (χ0) is 19.7. The lowest BCUT2D eigenvalue weighted by Gasteiger charge is -2.37. The normalized spacial score (nSPS) is 17.3. The van der Waals surface area contributed by atoms with Crippen LogP contribution in [0.25, 0.3) is 0 Å². The summed E-state index contributed by atoms with van der Waals surface area (Å²) >= 11 is 0. The molecule has 0 bridgehead atoms. The second-order valence-electron chi connectivity index (χ2n) is 8.04. The van der Waals surface area contributed by atoms with Crippen LogP contribution in [-0.2, 0) is 0 Å². The van der Waals surface area contributed by atoms with E-state index >= 15 is 0 Å². The van der Waals surface area contributed by atoms with Gasteiger partial charge >= 0.3 is 0 Å². The minimum Gasteiger partial charge on any atom is -0.399 e. The number of piperazine rings is 1. The van der Waals surface area contributed by atoms with Crippen LogP contribution in [0.2, 0.25) is 0 Å². The number of rotatable bonds is 3. The molecule has 148 valence electrons. The molecule has 2 aromatic rings. The first-order valence-electron chi connectivity index (χ1n) is 10.3. The lowest BCUT2D eigenvalue weighted by atomic mass is 10.1. The van der Waals surface area contributed by atoms with Crippen LogP contribution in [-0.4, -0.2) is 50.1 Å². The summed E-state index contributed by atoms with van der Waals surface area (Å²) in [6.45, 7) is 9.52. The van der Waals surface area contributed by atoms with Crippen molar-refractivity contribution in [1.29, 1.82) is 0 Å². The maximum Gasteiger partial charge on any atom is 0.256 e. The lowest BCUT2D eigenvalue weighted by molar-refractivity contribution is 0.0747. The third-order valence-electron chi connectivity index (χ3n) is 5.96. The van der Waals surface area contributed by atoms with Crippen LogP contribution in [0.3, 0.4) is 0 Å². The van der Waals surface area contributed by atoms with E-state index in [0.717, 1.165) is 56.2 Å². The number of hydrogen-bond donors (Lipinski definition) is 1. The minimum absolute atomic E-state index is 0.127. The average Bonchev–Trinajstić information content (AvgIpc) is 3.22. The molecular formula is C23H30N4O. The molecule has 2 N–H and O–H groups in total. The summed E-state index contributed by atoms with van der Waals surface area (Å²) in [7, 11) is 0. The van der Waals surface area contributed by atoms with Crippen molar-refractivity contribution < 1.29 is 4.79 Å². The van der Waals surface area contributed by atoms with Crippen molar-refractivity contribution in [1.82, 2.24) is 4.90 Å². The Morgan fingerprint density at radius 2 is 1.50 bits per heavy atom. The Bertz CT molecular complexity index is 865. The number of hydrogen-bond acceptors (Lipinski definition) is 4. The molecule has 2 aliphatic rings. The predicted molar refractivity (Wildman–Crippen MR) is 116 cm³/mol. The van der Waals surface area contributed by atoms with Gasteiger partial charge < -0.3 is 20.4 Å². The van der Waals surface area contributed by atoms with Gasteiger partial charge in [0.25, 0.3) is 5.91 Å². The molecule has 4 rings (SSSR count). The van der Waals surface area contributed by atoms with E-state index in [2.05, 4.69) is 41.8 Å². The largest absolute Gasteiger partial charge is 0.399 e. The van der Waals surface area contributed by atoms with E-state index in [0.29, 0.717) is 0 Å². The van der Waals surface area contributed by atoms with E-state index in [-0.39, 0.29) is 5.91 Å². The highest BCUT2D eigenvalue weighted by Crippen LogP contribution is 2.29. The first-order chi connectivity index (χ1) is 13.5. The Hall–Kier alpha value is -2.69. The van der Waals surface area contributed by atoms with Crippen molar-refractivity contribution in [3.63, 3.8) is 0 Å². The van der Waals surface area contributed by atoms with E-state index in [9.17, 15) is 4.79 Å². The SMILES string of the molecule is Cc1ccc(N2CCN(C(=O)c3ccc(N)cc3N3CCCC3)CC2)c(C)c1. The van der Waals surface area contributed by atoms with Crippen LogP contribution < -0.4 is 15.5 Å². The summed E-state index contributed by atoms with van der Waals surface area (Å²) in [5.41, 5.74) is 12.4. The molecular weight excluding hydrogens is 348 g/mol. The van der Waals surface area contributed by atoms with Gasteiger partial charge in [0, 0.05) is 50.6 Å². The van der Waals surface area contributed by atoms with Crippen molar-refractivity contribution >= 4 is 23.0 Å². The molecule has 0 spiro atoms. The minimum atomic E-state index is 0.127. The number of carbonyl (C=O) groups excluding carboxylic acids is 1. The molecule has 2 saturated heterocycles. The van der Waals surface area contributed by atoms with E-state index < -0.39 is 0 Å². The molecule has 2 heterocycles. The maximum absolute atomic E-state index is 13.3. The van der Waals surface area contributed by atoms with E-state index in [1.807, 2.05) is 23.1 Å². The van der Waals surface area contributed by atoms with Crippen LogP contribution in [0, 0.1) is 13.8 Å². The first-order valence-corrected chi connectivity index (χ1v) is 10.3. The number of anilines is 3. The Labute approximate surface area is 167 Å². The van der Waals surface area contributed by atoms with Gasteiger partial charge in [-0.05, 0) is 56.5 Å². The summed E-state index contributed by atoms with van der Waals surface area (Å²) in [5.74, 6) is 0.127. The molecule has 28 heavy (non-hydrogen) atoms. The number of nitrogens with zero attached hydrogens (tertiary/aromatic N) is 3. The molecule has 0 unspecified atom stereocenters. The zero-order valence-corrected chi connectivity index (χ0v) is 16.9. The summed E-state index contributed by atoms with van der Waals surface area (Å²) < 4.78 is 0. The van der Waals surface area contributed by atoms with E-state index in [4.69, 9.17) is 5.73 Å². The summed E-state index contributed by atoms with van der Waals surface area (Å²) in [6, 6.07) is 12.3. The van der Waals surface area contributed by atoms with Gasteiger partial charge in [-0.3, -0.25) is 4.79 Å². The molecule has 0 saturated carbocycles. The lowest BCUT2D eigenvalue weighted by Crippen LogP contribution is -2.49. The first kappa shape index (κ1) is 18.7. The molecule has 0 atom stereocenters. The number of benzene rings is 2. The second kappa shape index (κ2) is 7.74. The highest BCUT2D eigenvalue weighted by atomic mass is 16.2. The quantitative estimate of drug-likeness (QED) is 0.831. The summed E-state index contributed by atoms with van der Waals surface area (Å²) in [4.78, 5) is 20.0. The third-order valence-corrected chi connectivity index (χ3v) is 5.96. The van der Waals surface area contributed by atoms with Gasteiger partial charge in [-0.25, -0.2) is 0 Å². The number of carbonyl (C=O) groups is 1.